The third kappa shape index (κ3) is 3.60. The van der Waals surface area contributed by atoms with Crippen LogP contribution in [0.2, 0.25) is 0 Å². The summed E-state index contributed by atoms with van der Waals surface area (Å²) >= 11 is 0. The summed E-state index contributed by atoms with van der Waals surface area (Å²) in [6.45, 7) is 9.34. The van der Waals surface area contributed by atoms with Crippen molar-refractivity contribution in [1.29, 1.82) is 0 Å². The maximum Gasteiger partial charge on any atom is 0.282 e. The molecule has 3 unspecified atom stereocenters. The van der Waals surface area contributed by atoms with Crippen molar-refractivity contribution in [2.45, 2.75) is 26.9 Å². The van der Waals surface area contributed by atoms with E-state index in [1.807, 2.05) is 0 Å². The van der Waals surface area contributed by atoms with Crippen LogP contribution < -0.4 is 4.57 Å². The first-order chi connectivity index (χ1) is 9.15. The minimum absolute atomic E-state index is 0. The molecule has 3 nitrogen and oxygen atoms in total. The molecule has 112 valence electrons. The molecule has 1 saturated carbocycles. The molecule has 1 fully saturated rings. The van der Waals surface area contributed by atoms with Gasteiger partial charge in [0.05, 0.1) is 20.7 Å². The van der Waals surface area contributed by atoms with E-state index >= 15 is 0 Å². The highest BCUT2D eigenvalue weighted by atomic mass is 16.5. The molecule has 3 heteroatoms. The van der Waals surface area contributed by atoms with Crippen molar-refractivity contribution in [1.82, 2.24) is 4.57 Å². The highest BCUT2D eigenvalue weighted by Gasteiger charge is 2.31. The molecule has 1 aliphatic carbocycles. The summed E-state index contributed by atoms with van der Waals surface area (Å²) in [5.74, 6) is 2.98. The largest absolute Gasteiger partial charge is 0.368 e. The van der Waals surface area contributed by atoms with Gasteiger partial charge < -0.3 is 4.74 Å². The SMILES string of the molecule is C.C=CC1CC(C=C)C(COCc2n(C)cc[n+]2C)C1. The normalized spacial score (nSPS) is 25.2. The Balaban J connectivity index is 0.00000200. The van der Waals surface area contributed by atoms with Crippen LogP contribution in [0, 0.1) is 17.8 Å². The molecule has 0 saturated heterocycles. The summed E-state index contributed by atoms with van der Waals surface area (Å²) in [5, 5.41) is 0. The molecule has 0 spiro atoms. The zero-order valence-electron chi connectivity index (χ0n) is 12.1. The molecule has 3 atom stereocenters. The Morgan fingerprint density at radius 1 is 1.40 bits per heavy atom. The molecule has 1 aromatic heterocycles. The zero-order valence-corrected chi connectivity index (χ0v) is 12.1. The molecule has 0 aromatic carbocycles. The van der Waals surface area contributed by atoms with Gasteiger partial charge in [0.1, 0.15) is 19.0 Å². The topological polar surface area (TPSA) is 18.0 Å². The second-order valence-corrected chi connectivity index (χ2v) is 5.58. The van der Waals surface area contributed by atoms with Crippen molar-refractivity contribution in [3.8, 4) is 0 Å². The van der Waals surface area contributed by atoms with E-state index in [-0.39, 0.29) is 7.43 Å². The van der Waals surface area contributed by atoms with Crippen LogP contribution >= 0.6 is 0 Å². The highest BCUT2D eigenvalue weighted by molar-refractivity contribution is 4.98. The van der Waals surface area contributed by atoms with Gasteiger partial charge in [0.2, 0.25) is 0 Å². The lowest BCUT2D eigenvalue weighted by molar-refractivity contribution is -0.680. The van der Waals surface area contributed by atoms with Gasteiger partial charge in [-0.25, -0.2) is 9.13 Å². The van der Waals surface area contributed by atoms with E-state index in [0.717, 1.165) is 6.61 Å². The van der Waals surface area contributed by atoms with Crippen LogP contribution in [0.25, 0.3) is 0 Å². The van der Waals surface area contributed by atoms with Crippen LogP contribution in [0.5, 0.6) is 0 Å². The standard InChI is InChI=1S/C16H25N2O.CH4/c1-5-13-9-14(6-2)15(10-13)11-19-12-16-17(3)7-8-18(16)4;/h5-8,13-15H,1-2,9-12H2,3-4H3;1H4/q+1;. The van der Waals surface area contributed by atoms with Gasteiger partial charge in [0, 0.05) is 0 Å². The average Bonchev–Trinajstić information content (AvgIpc) is 2.96. The lowest BCUT2D eigenvalue weighted by Gasteiger charge is -2.15. The Hall–Kier alpha value is -1.35. The maximum atomic E-state index is 5.92. The lowest BCUT2D eigenvalue weighted by atomic mass is 9.97. The van der Waals surface area contributed by atoms with E-state index in [1.54, 1.807) is 0 Å². The fourth-order valence-electron chi connectivity index (χ4n) is 3.00. The van der Waals surface area contributed by atoms with Crippen LogP contribution in [0.15, 0.2) is 37.7 Å². The third-order valence-corrected chi connectivity index (χ3v) is 4.31. The first kappa shape index (κ1) is 16.7. The molecule has 1 aromatic rings. The van der Waals surface area contributed by atoms with Gasteiger partial charge in [-0.05, 0) is 30.6 Å². The summed E-state index contributed by atoms with van der Waals surface area (Å²) < 4.78 is 10.1. The Morgan fingerprint density at radius 3 is 2.70 bits per heavy atom. The Labute approximate surface area is 123 Å². The average molecular weight is 277 g/mol. The van der Waals surface area contributed by atoms with Gasteiger partial charge in [-0.1, -0.05) is 19.6 Å². The Kier molecular flexibility index (Phi) is 6.21. The van der Waals surface area contributed by atoms with E-state index in [9.17, 15) is 0 Å². The molecule has 0 aliphatic heterocycles. The number of hydrogen-bond donors (Lipinski definition) is 0. The molecule has 1 heterocycles. The van der Waals surface area contributed by atoms with Gasteiger partial charge >= 0.3 is 0 Å². The van der Waals surface area contributed by atoms with Crippen LogP contribution in [-0.4, -0.2) is 11.2 Å². The Bertz CT molecular complexity index is 430. The van der Waals surface area contributed by atoms with Crippen LogP contribution in [0.1, 0.15) is 26.1 Å². The number of imidazole rings is 1. The fraction of sp³-hybridized carbons (Fsp3) is 0.588. The summed E-state index contributed by atoms with van der Waals surface area (Å²) in [7, 11) is 4.10. The van der Waals surface area contributed by atoms with E-state index in [0.29, 0.717) is 24.4 Å². The summed E-state index contributed by atoms with van der Waals surface area (Å²) in [6.07, 6.45) is 10.6. The van der Waals surface area contributed by atoms with Gasteiger partial charge in [0.25, 0.3) is 5.82 Å². The first-order valence-electron chi connectivity index (χ1n) is 6.98. The van der Waals surface area contributed by atoms with Gasteiger partial charge in [-0.15, -0.1) is 13.2 Å². The highest BCUT2D eigenvalue weighted by Crippen LogP contribution is 2.37. The summed E-state index contributed by atoms with van der Waals surface area (Å²) in [5.41, 5.74) is 0. The van der Waals surface area contributed by atoms with Crippen LogP contribution in [0.4, 0.5) is 0 Å². The smallest absolute Gasteiger partial charge is 0.282 e. The van der Waals surface area contributed by atoms with Crippen molar-refractivity contribution >= 4 is 0 Å². The fourth-order valence-corrected chi connectivity index (χ4v) is 3.00. The number of hydrogen-bond acceptors (Lipinski definition) is 1. The number of nitrogens with zero attached hydrogens (tertiary/aromatic N) is 2. The van der Waals surface area contributed by atoms with Gasteiger partial charge in [-0.3, -0.25) is 0 Å². The van der Waals surface area contributed by atoms with E-state index < -0.39 is 0 Å². The van der Waals surface area contributed by atoms with Crippen molar-refractivity contribution in [2.75, 3.05) is 6.61 Å². The predicted molar refractivity (Wildman–Crippen MR) is 83.1 cm³/mol. The summed E-state index contributed by atoms with van der Waals surface area (Å²) in [6, 6.07) is 0. The number of rotatable bonds is 6. The maximum absolute atomic E-state index is 5.92. The third-order valence-electron chi connectivity index (χ3n) is 4.31. The van der Waals surface area contributed by atoms with Gasteiger partial charge in [0.15, 0.2) is 0 Å². The molecule has 1 aliphatic rings. The zero-order chi connectivity index (χ0) is 13.8. The lowest BCUT2D eigenvalue weighted by Crippen LogP contribution is -2.32. The molecular weight excluding hydrogens is 248 g/mol. The van der Waals surface area contributed by atoms with Gasteiger partial charge in [-0.2, -0.15) is 0 Å². The molecule has 0 amide bonds. The number of allylic oxidation sites excluding steroid dienone is 2. The molecule has 0 radical (unpaired) electrons. The van der Waals surface area contributed by atoms with Crippen molar-refractivity contribution in [2.24, 2.45) is 31.8 Å². The van der Waals surface area contributed by atoms with E-state index in [1.165, 1.54) is 18.7 Å². The van der Waals surface area contributed by atoms with Crippen LogP contribution in [-0.2, 0) is 25.4 Å². The quantitative estimate of drug-likeness (QED) is 0.577. The molecule has 20 heavy (non-hydrogen) atoms. The van der Waals surface area contributed by atoms with Crippen molar-refractivity contribution in [3.05, 3.63) is 43.5 Å². The molecule has 0 N–H and O–H groups in total. The minimum Gasteiger partial charge on any atom is -0.368 e. The molecule has 0 bridgehead atoms. The van der Waals surface area contributed by atoms with E-state index in [4.69, 9.17) is 4.74 Å². The first-order valence-corrected chi connectivity index (χ1v) is 6.98. The number of aryl methyl sites for hydroxylation is 2. The molecule has 2 rings (SSSR count). The van der Waals surface area contributed by atoms with Crippen molar-refractivity contribution < 1.29 is 9.30 Å². The predicted octanol–water partition coefficient (Wildman–Crippen LogP) is 3.02. The minimum atomic E-state index is 0. The monoisotopic (exact) mass is 277 g/mol. The second kappa shape index (κ2) is 7.44. The number of ether oxygens (including phenoxy) is 1. The van der Waals surface area contributed by atoms with Crippen LogP contribution in [0.3, 0.4) is 0 Å². The van der Waals surface area contributed by atoms with E-state index in [2.05, 4.69) is 60.9 Å². The number of aromatic nitrogens is 2. The van der Waals surface area contributed by atoms with Crippen molar-refractivity contribution in [3.63, 3.8) is 0 Å². The summed E-state index contributed by atoms with van der Waals surface area (Å²) in [4.78, 5) is 0. The molecular formula is C17H29N2O+. The second-order valence-electron chi connectivity index (χ2n) is 5.58. The Morgan fingerprint density at radius 2 is 2.15 bits per heavy atom.